The first-order chi connectivity index (χ1) is 31.9. The Morgan fingerprint density at radius 3 is 1.97 bits per heavy atom. The van der Waals surface area contributed by atoms with Crippen molar-refractivity contribution in [1.29, 1.82) is 0 Å². The molecule has 0 saturated carbocycles. The summed E-state index contributed by atoms with van der Waals surface area (Å²) in [6.07, 6.45) is 13.2. The number of furan rings is 1. The number of hydrogen-bond donors (Lipinski definition) is 0. The van der Waals surface area contributed by atoms with Gasteiger partial charge in [-0.15, -0.1) is 0 Å². The molecule has 66 heavy (non-hydrogen) atoms. The van der Waals surface area contributed by atoms with E-state index in [0.717, 1.165) is 45.2 Å². The second kappa shape index (κ2) is 16.1. The molecule has 1 aromatic heterocycles. The second-order valence-electron chi connectivity index (χ2n) is 21.1. The molecule has 0 radical (unpaired) electrons. The highest BCUT2D eigenvalue weighted by Gasteiger charge is 2.49. The number of para-hydroxylation sites is 2. The number of rotatable bonds is 8. The lowest BCUT2D eigenvalue weighted by Crippen LogP contribution is -2.33. The number of benzene rings is 7. The van der Waals surface area contributed by atoms with Crippen LogP contribution in [0.2, 0.25) is 0 Å². The summed E-state index contributed by atoms with van der Waals surface area (Å²) in [5.41, 5.74) is 17.7. The lowest BCUT2D eigenvalue weighted by Gasteiger charge is -2.40. The molecule has 4 atom stereocenters. The predicted octanol–water partition coefficient (Wildman–Crippen LogP) is 17.8. The van der Waals surface area contributed by atoms with Gasteiger partial charge in [0.25, 0.3) is 0 Å². The number of hydrogen-bond acceptors (Lipinski definition) is 2. The van der Waals surface area contributed by atoms with Gasteiger partial charge < -0.3 is 9.32 Å². The molecule has 0 spiro atoms. The van der Waals surface area contributed by atoms with Crippen LogP contribution in [0.5, 0.6) is 0 Å². The number of fused-ring (bicyclic) bond motifs is 7. The monoisotopic (exact) mass is 859 g/mol. The van der Waals surface area contributed by atoms with E-state index >= 15 is 0 Å². The predicted molar refractivity (Wildman–Crippen MR) is 282 cm³/mol. The molecule has 1 heterocycles. The van der Waals surface area contributed by atoms with Gasteiger partial charge in [-0.25, -0.2) is 0 Å². The van der Waals surface area contributed by atoms with Gasteiger partial charge in [0.2, 0.25) is 0 Å². The SMILES string of the molecule is CC(C)C(C)C1C=C(C(C)(C)C)C=C2C1c1c(C3=CC=CCC3N(c3ccc(-c4cccc5ccccc45)cc3)c3ccc(-c4cccc5c4oc4ccccc45)cc3)cccc1C2(C)C. The molecular formula is C64H61NO. The van der Waals surface area contributed by atoms with E-state index in [1.54, 1.807) is 5.57 Å². The fraction of sp³-hybridized carbons (Fsp3) is 0.250. The third kappa shape index (κ3) is 6.91. The van der Waals surface area contributed by atoms with Crippen molar-refractivity contribution in [3.63, 3.8) is 0 Å². The van der Waals surface area contributed by atoms with Gasteiger partial charge in [-0.1, -0.05) is 213 Å². The van der Waals surface area contributed by atoms with E-state index in [1.807, 2.05) is 6.07 Å². The van der Waals surface area contributed by atoms with Crippen LogP contribution in [0.1, 0.15) is 84.4 Å². The van der Waals surface area contributed by atoms with Crippen molar-refractivity contribution in [3.05, 3.63) is 210 Å². The Morgan fingerprint density at radius 1 is 0.636 bits per heavy atom. The molecule has 328 valence electrons. The highest BCUT2D eigenvalue weighted by Crippen LogP contribution is 2.60. The molecule has 0 fully saturated rings. The molecule has 3 aliphatic carbocycles. The van der Waals surface area contributed by atoms with Gasteiger partial charge in [0, 0.05) is 39.0 Å². The zero-order chi connectivity index (χ0) is 45.5. The molecule has 0 aliphatic heterocycles. The van der Waals surface area contributed by atoms with Crippen LogP contribution in [0, 0.1) is 23.2 Å². The van der Waals surface area contributed by atoms with Gasteiger partial charge in [0.1, 0.15) is 11.2 Å². The quantitative estimate of drug-likeness (QED) is 0.151. The van der Waals surface area contributed by atoms with Crippen LogP contribution < -0.4 is 4.90 Å². The minimum atomic E-state index is -0.0913. The van der Waals surface area contributed by atoms with E-state index in [0.29, 0.717) is 23.7 Å². The lowest BCUT2D eigenvalue weighted by atomic mass is 9.65. The first-order valence-corrected chi connectivity index (χ1v) is 24.2. The van der Waals surface area contributed by atoms with Crippen molar-refractivity contribution in [2.24, 2.45) is 23.2 Å². The van der Waals surface area contributed by atoms with Crippen LogP contribution in [-0.2, 0) is 5.41 Å². The smallest absolute Gasteiger partial charge is 0.143 e. The second-order valence-corrected chi connectivity index (χ2v) is 21.1. The van der Waals surface area contributed by atoms with Crippen LogP contribution in [-0.4, -0.2) is 6.04 Å². The fourth-order valence-electron chi connectivity index (χ4n) is 11.6. The molecule has 7 aromatic carbocycles. The summed E-state index contributed by atoms with van der Waals surface area (Å²) in [4.78, 5) is 2.61. The summed E-state index contributed by atoms with van der Waals surface area (Å²) in [7, 11) is 0. The molecule has 2 nitrogen and oxygen atoms in total. The third-order valence-electron chi connectivity index (χ3n) is 15.6. The normalized spacial score (nSPS) is 19.4. The highest BCUT2D eigenvalue weighted by atomic mass is 16.3. The number of nitrogens with zero attached hydrogens (tertiary/aromatic N) is 1. The van der Waals surface area contributed by atoms with Gasteiger partial charge in [-0.3, -0.25) is 0 Å². The summed E-state index contributed by atoms with van der Waals surface area (Å²) < 4.78 is 6.53. The van der Waals surface area contributed by atoms with Crippen LogP contribution in [0.25, 0.3) is 60.5 Å². The summed E-state index contributed by atoms with van der Waals surface area (Å²) >= 11 is 0. The molecule has 0 amide bonds. The van der Waals surface area contributed by atoms with Gasteiger partial charge in [-0.05, 0) is 115 Å². The fourth-order valence-corrected chi connectivity index (χ4v) is 11.6. The summed E-state index contributed by atoms with van der Waals surface area (Å²) in [6.45, 7) is 19.4. The standard InChI is InChI=1S/C64H61NO/c1-40(2)41(3)55-38-45(63(4,5)6)39-57-61(55)60-53(25-17-27-56(60)64(57,7)8)51-21-11-13-28-58(51)65(46-34-30-43(31-35-46)49-23-15-19-42-18-9-10-20-48(42)49)47-36-32-44(33-37-47)50-24-16-26-54-52-22-12-14-29-59(52)66-62(50)54/h9-27,29-41,55,58,61H,28H2,1-8H3. The molecule has 0 bridgehead atoms. The van der Waals surface area contributed by atoms with Gasteiger partial charge in [0.15, 0.2) is 0 Å². The molecule has 0 saturated heterocycles. The van der Waals surface area contributed by atoms with Crippen LogP contribution in [0.15, 0.2) is 198 Å². The van der Waals surface area contributed by atoms with Gasteiger partial charge in [0.05, 0.1) is 6.04 Å². The Kier molecular flexibility index (Phi) is 10.2. The van der Waals surface area contributed by atoms with E-state index in [1.165, 1.54) is 55.4 Å². The summed E-state index contributed by atoms with van der Waals surface area (Å²) in [6, 6.07) is 56.0. The van der Waals surface area contributed by atoms with Crippen molar-refractivity contribution in [3.8, 4) is 22.3 Å². The summed E-state index contributed by atoms with van der Waals surface area (Å²) in [5.74, 6) is 1.80. The van der Waals surface area contributed by atoms with Crippen molar-refractivity contribution < 1.29 is 4.42 Å². The van der Waals surface area contributed by atoms with Crippen molar-refractivity contribution in [2.75, 3.05) is 4.90 Å². The van der Waals surface area contributed by atoms with Crippen LogP contribution in [0.3, 0.4) is 0 Å². The molecular weight excluding hydrogens is 799 g/mol. The van der Waals surface area contributed by atoms with E-state index in [4.69, 9.17) is 4.42 Å². The summed E-state index contributed by atoms with van der Waals surface area (Å²) in [5, 5.41) is 4.83. The van der Waals surface area contributed by atoms with E-state index in [-0.39, 0.29) is 16.9 Å². The molecule has 8 aromatic rings. The Morgan fingerprint density at radius 2 is 1.24 bits per heavy atom. The average Bonchev–Trinajstić information content (AvgIpc) is 3.83. The van der Waals surface area contributed by atoms with Crippen molar-refractivity contribution >= 4 is 49.7 Å². The average molecular weight is 860 g/mol. The number of anilines is 2. The van der Waals surface area contributed by atoms with Gasteiger partial charge in [-0.2, -0.15) is 0 Å². The Labute approximate surface area is 391 Å². The zero-order valence-electron chi connectivity index (χ0n) is 39.8. The maximum absolute atomic E-state index is 6.53. The third-order valence-corrected chi connectivity index (χ3v) is 15.6. The Hall–Kier alpha value is -6.64. The maximum atomic E-state index is 6.53. The maximum Gasteiger partial charge on any atom is 0.143 e. The van der Waals surface area contributed by atoms with E-state index < -0.39 is 0 Å². The van der Waals surface area contributed by atoms with Crippen LogP contribution >= 0.6 is 0 Å². The number of allylic oxidation sites excluding steroid dienone is 6. The molecule has 0 N–H and O–H groups in total. The van der Waals surface area contributed by atoms with E-state index in [9.17, 15) is 0 Å². The first-order valence-electron chi connectivity index (χ1n) is 24.2. The van der Waals surface area contributed by atoms with Crippen LogP contribution in [0.4, 0.5) is 11.4 Å². The minimum absolute atomic E-state index is 0.0518. The van der Waals surface area contributed by atoms with Crippen molar-refractivity contribution in [2.45, 2.75) is 79.2 Å². The van der Waals surface area contributed by atoms with E-state index in [2.05, 4.69) is 236 Å². The Bertz CT molecular complexity index is 3280. The largest absolute Gasteiger partial charge is 0.455 e. The lowest BCUT2D eigenvalue weighted by molar-refractivity contribution is 0.290. The molecule has 11 rings (SSSR count). The minimum Gasteiger partial charge on any atom is -0.455 e. The first kappa shape index (κ1) is 42.0. The Balaban J connectivity index is 1.05. The molecule has 4 unspecified atom stereocenters. The highest BCUT2D eigenvalue weighted by molar-refractivity contribution is 6.09. The van der Waals surface area contributed by atoms with Crippen molar-refractivity contribution in [1.82, 2.24) is 0 Å². The molecule has 3 aliphatic rings. The molecule has 2 heteroatoms. The van der Waals surface area contributed by atoms with Gasteiger partial charge >= 0.3 is 0 Å². The zero-order valence-corrected chi connectivity index (χ0v) is 39.8. The topological polar surface area (TPSA) is 16.4 Å².